The zero-order valence-electron chi connectivity index (χ0n) is 19.0. The monoisotopic (exact) mass is 497 g/mol. The summed E-state index contributed by atoms with van der Waals surface area (Å²) >= 11 is 1.19. The van der Waals surface area contributed by atoms with Crippen LogP contribution in [0.2, 0.25) is 0 Å². The molecule has 2 aromatic carbocycles. The average Bonchev–Trinajstić information content (AvgIpc) is 3.24. The van der Waals surface area contributed by atoms with Crippen molar-refractivity contribution in [3.05, 3.63) is 84.0 Å². The van der Waals surface area contributed by atoms with Gasteiger partial charge in [0.05, 0.1) is 24.0 Å². The Kier molecular flexibility index (Phi) is 9.13. The molecule has 182 valence electrons. The van der Waals surface area contributed by atoms with Gasteiger partial charge in [0.2, 0.25) is 5.91 Å². The second-order valence-corrected chi connectivity index (χ2v) is 8.14. The topological polar surface area (TPSA) is 115 Å². The van der Waals surface area contributed by atoms with Crippen LogP contribution in [-0.4, -0.2) is 52.0 Å². The summed E-state index contributed by atoms with van der Waals surface area (Å²) in [5.74, 6) is -1.24. The van der Waals surface area contributed by atoms with Gasteiger partial charge in [-0.15, -0.1) is 16.8 Å². The highest BCUT2D eigenvalue weighted by Gasteiger charge is 2.15. The SMILES string of the molecule is C=CCn1c(CCNC(=O)c2ccccc2F)nnc1SCC(=O)Nc1cccc(C(=O)OC)c1. The number of nitrogens with zero attached hydrogens (tertiary/aromatic N) is 3. The van der Waals surface area contributed by atoms with E-state index in [1.807, 2.05) is 0 Å². The number of halogens is 1. The van der Waals surface area contributed by atoms with Crippen LogP contribution in [0.5, 0.6) is 0 Å². The number of methoxy groups -OCH3 is 1. The summed E-state index contributed by atoms with van der Waals surface area (Å²) < 4.78 is 20.2. The Morgan fingerprint density at radius 2 is 1.97 bits per heavy atom. The lowest BCUT2D eigenvalue weighted by atomic mass is 10.2. The van der Waals surface area contributed by atoms with Gasteiger partial charge in [-0.1, -0.05) is 36.0 Å². The Bertz CT molecular complexity index is 1230. The number of anilines is 1. The summed E-state index contributed by atoms with van der Waals surface area (Å²) in [6.07, 6.45) is 2.03. The summed E-state index contributed by atoms with van der Waals surface area (Å²) in [6, 6.07) is 12.2. The number of esters is 1. The predicted molar refractivity (Wildman–Crippen MR) is 130 cm³/mol. The molecule has 2 amide bonds. The normalized spacial score (nSPS) is 10.5. The number of thioether (sulfide) groups is 1. The van der Waals surface area contributed by atoms with Crippen LogP contribution in [0.4, 0.5) is 10.1 Å². The Morgan fingerprint density at radius 1 is 1.17 bits per heavy atom. The van der Waals surface area contributed by atoms with Crippen molar-refractivity contribution >= 4 is 35.2 Å². The quantitative estimate of drug-likeness (QED) is 0.238. The van der Waals surface area contributed by atoms with Gasteiger partial charge in [-0.25, -0.2) is 9.18 Å². The van der Waals surface area contributed by atoms with Crippen LogP contribution in [0.3, 0.4) is 0 Å². The summed E-state index contributed by atoms with van der Waals surface area (Å²) in [5, 5.41) is 14.2. The van der Waals surface area contributed by atoms with Gasteiger partial charge in [0.1, 0.15) is 11.6 Å². The largest absolute Gasteiger partial charge is 0.465 e. The lowest BCUT2D eigenvalue weighted by Crippen LogP contribution is -2.27. The second-order valence-electron chi connectivity index (χ2n) is 7.19. The molecular formula is C24H24FN5O4S. The number of nitrogens with one attached hydrogen (secondary N) is 2. The van der Waals surface area contributed by atoms with Crippen LogP contribution in [0.1, 0.15) is 26.5 Å². The fourth-order valence-corrected chi connectivity index (χ4v) is 3.89. The molecule has 0 fully saturated rings. The fourth-order valence-electron chi connectivity index (χ4n) is 3.12. The first-order valence-corrected chi connectivity index (χ1v) is 11.6. The molecule has 1 aromatic heterocycles. The molecule has 3 rings (SSSR count). The predicted octanol–water partition coefficient (Wildman–Crippen LogP) is 3.09. The van der Waals surface area contributed by atoms with E-state index in [2.05, 4.69) is 32.1 Å². The van der Waals surface area contributed by atoms with E-state index in [0.717, 1.165) is 0 Å². The van der Waals surface area contributed by atoms with Crippen LogP contribution in [-0.2, 0) is 22.5 Å². The number of carbonyl (C=O) groups is 3. The number of amides is 2. The third kappa shape index (κ3) is 7.00. The molecule has 0 unspecified atom stereocenters. The van der Waals surface area contributed by atoms with Crippen molar-refractivity contribution in [3.63, 3.8) is 0 Å². The summed E-state index contributed by atoms with van der Waals surface area (Å²) in [4.78, 5) is 36.3. The van der Waals surface area contributed by atoms with Gasteiger partial charge < -0.3 is 19.9 Å². The lowest BCUT2D eigenvalue weighted by molar-refractivity contribution is -0.113. The van der Waals surface area contributed by atoms with E-state index in [4.69, 9.17) is 0 Å². The molecule has 0 aliphatic carbocycles. The molecule has 0 saturated heterocycles. The van der Waals surface area contributed by atoms with Crippen molar-refractivity contribution in [2.75, 3.05) is 24.7 Å². The number of allylic oxidation sites excluding steroid dienone is 1. The molecule has 0 spiro atoms. The minimum atomic E-state index is -0.589. The number of carbonyl (C=O) groups excluding carboxylic acids is 3. The van der Waals surface area contributed by atoms with Gasteiger partial charge >= 0.3 is 5.97 Å². The third-order valence-electron chi connectivity index (χ3n) is 4.76. The van der Waals surface area contributed by atoms with Crippen molar-refractivity contribution < 1.29 is 23.5 Å². The van der Waals surface area contributed by atoms with Gasteiger partial charge in [0.25, 0.3) is 5.91 Å². The van der Waals surface area contributed by atoms with Crippen molar-refractivity contribution in [1.82, 2.24) is 20.1 Å². The van der Waals surface area contributed by atoms with E-state index in [9.17, 15) is 18.8 Å². The first-order valence-electron chi connectivity index (χ1n) is 10.6. The Labute approximate surface area is 205 Å². The van der Waals surface area contributed by atoms with Crippen molar-refractivity contribution in [2.24, 2.45) is 0 Å². The Balaban J connectivity index is 1.56. The van der Waals surface area contributed by atoms with Crippen molar-refractivity contribution in [1.29, 1.82) is 0 Å². The smallest absolute Gasteiger partial charge is 0.337 e. The maximum atomic E-state index is 13.8. The summed E-state index contributed by atoms with van der Waals surface area (Å²) in [7, 11) is 1.29. The maximum Gasteiger partial charge on any atom is 0.337 e. The highest BCUT2D eigenvalue weighted by atomic mass is 32.2. The first-order chi connectivity index (χ1) is 16.9. The zero-order chi connectivity index (χ0) is 25.2. The van der Waals surface area contributed by atoms with Crippen LogP contribution < -0.4 is 10.6 Å². The van der Waals surface area contributed by atoms with E-state index in [-0.39, 0.29) is 23.8 Å². The molecule has 0 saturated carbocycles. The van der Waals surface area contributed by atoms with Gasteiger partial charge in [-0.05, 0) is 30.3 Å². The molecule has 3 aromatic rings. The van der Waals surface area contributed by atoms with Crippen LogP contribution in [0, 0.1) is 5.82 Å². The number of rotatable bonds is 11. The van der Waals surface area contributed by atoms with E-state index in [1.54, 1.807) is 34.9 Å². The minimum Gasteiger partial charge on any atom is -0.465 e. The van der Waals surface area contributed by atoms with E-state index >= 15 is 0 Å². The molecule has 0 aliphatic heterocycles. The van der Waals surface area contributed by atoms with Gasteiger partial charge in [0.15, 0.2) is 5.16 Å². The fraction of sp³-hybridized carbons (Fsp3) is 0.208. The molecule has 0 bridgehead atoms. The highest BCUT2D eigenvalue weighted by Crippen LogP contribution is 2.19. The molecule has 0 aliphatic rings. The molecule has 9 nitrogen and oxygen atoms in total. The van der Waals surface area contributed by atoms with E-state index < -0.39 is 17.7 Å². The van der Waals surface area contributed by atoms with Crippen molar-refractivity contribution in [2.45, 2.75) is 18.1 Å². The van der Waals surface area contributed by atoms with E-state index in [0.29, 0.717) is 35.2 Å². The number of aromatic nitrogens is 3. The van der Waals surface area contributed by atoms with Gasteiger partial charge in [-0.2, -0.15) is 0 Å². The standard InChI is InChI=1S/C24H24FN5O4S/c1-3-13-30-20(11-12-26-22(32)18-9-4-5-10-19(18)25)28-29-24(30)35-15-21(31)27-17-8-6-7-16(14-17)23(33)34-2/h3-10,14H,1,11-13,15H2,2H3,(H,26,32)(H,27,31). The molecule has 1 heterocycles. The minimum absolute atomic E-state index is 0.0283. The number of benzene rings is 2. The Hall–Kier alpha value is -3.99. The molecule has 0 radical (unpaired) electrons. The molecule has 2 N–H and O–H groups in total. The Morgan fingerprint density at radius 3 is 2.71 bits per heavy atom. The maximum absolute atomic E-state index is 13.8. The summed E-state index contributed by atoms with van der Waals surface area (Å²) in [5.41, 5.74) is 0.771. The van der Waals surface area contributed by atoms with Crippen LogP contribution in [0.15, 0.2) is 66.3 Å². The zero-order valence-corrected chi connectivity index (χ0v) is 19.8. The molecule has 35 heavy (non-hydrogen) atoms. The average molecular weight is 498 g/mol. The van der Waals surface area contributed by atoms with Crippen LogP contribution >= 0.6 is 11.8 Å². The first kappa shape index (κ1) is 25.6. The molecular weight excluding hydrogens is 473 g/mol. The van der Waals surface area contributed by atoms with E-state index in [1.165, 1.54) is 43.1 Å². The third-order valence-corrected chi connectivity index (χ3v) is 5.72. The molecule has 0 atom stereocenters. The highest BCUT2D eigenvalue weighted by molar-refractivity contribution is 7.99. The second kappa shape index (κ2) is 12.5. The number of hydrogen-bond acceptors (Lipinski definition) is 7. The van der Waals surface area contributed by atoms with Crippen LogP contribution in [0.25, 0.3) is 0 Å². The number of hydrogen-bond donors (Lipinski definition) is 2. The summed E-state index contributed by atoms with van der Waals surface area (Å²) in [6.45, 7) is 4.38. The molecule has 11 heteroatoms. The van der Waals surface area contributed by atoms with Crippen molar-refractivity contribution in [3.8, 4) is 0 Å². The van der Waals surface area contributed by atoms with Gasteiger partial charge in [0, 0.05) is 25.2 Å². The van der Waals surface area contributed by atoms with Gasteiger partial charge in [-0.3, -0.25) is 9.59 Å². The number of ether oxygens (including phenoxy) is 1. The lowest BCUT2D eigenvalue weighted by Gasteiger charge is -2.09.